The van der Waals surface area contributed by atoms with Gasteiger partial charge in [-0.2, -0.15) is 0 Å². The molecular weight excluding hydrogens is 272 g/mol. The van der Waals surface area contributed by atoms with Crippen molar-refractivity contribution in [3.05, 3.63) is 35.4 Å². The second kappa shape index (κ2) is 7.02. The van der Waals surface area contributed by atoms with Gasteiger partial charge in [-0.1, -0.05) is 24.3 Å². The van der Waals surface area contributed by atoms with Crippen molar-refractivity contribution in [2.75, 3.05) is 26.9 Å². The standard InChI is InChI=1S/C16H22O5/c1-20-8-9-21-11-13(17)10-16(15(18)19)7-6-12-4-2-3-5-14(12)16/h2-5,13,17H,6-11H2,1H3,(H,18,19). The lowest BCUT2D eigenvalue weighted by Crippen LogP contribution is -2.38. The lowest BCUT2D eigenvalue weighted by Gasteiger charge is -2.28. The minimum atomic E-state index is -0.999. The second-order valence-electron chi connectivity index (χ2n) is 5.47. The summed E-state index contributed by atoms with van der Waals surface area (Å²) in [6.45, 7) is 0.977. The highest BCUT2D eigenvalue weighted by atomic mass is 16.5. The van der Waals surface area contributed by atoms with Crippen LogP contribution in [0, 0.1) is 0 Å². The highest BCUT2D eigenvalue weighted by molar-refractivity contribution is 5.83. The Hall–Kier alpha value is -1.43. The summed E-state index contributed by atoms with van der Waals surface area (Å²) in [6, 6.07) is 7.58. The zero-order valence-electron chi connectivity index (χ0n) is 12.2. The minimum absolute atomic E-state index is 0.126. The summed E-state index contributed by atoms with van der Waals surface area (Å²) in [7, 11) is 1.58. The molecule has 5 nitrogen and oxygen atoms in total. The van der Waals surface area contributed by atoms with Crippen molar-refractivity contribution in [3.63, 3.8) is 0 Å². The number of carbonyl (C=O) groups is 1. The van der Waals surface area contributed by atoms with Crippen LogP contribution in [0.3, 0.4) is 0 Å². The van der Waals surface area contributed by atoms with Crippen LogP contribution >= 0.6 is 0 Å². The van der Waals surface area contributed by atoms with Crippen LogP contribution in [0.25, 0.3) is 0 Å². The Balaban J connectivity index is 2.06. The molecule has 2 atom stereocenters. The number of hydrogen-bond donors (Lipinski definition) is 2. The fourth-order valence-electron chi connectivity index (χ4n) is 3.03. The van der Waals surface area contributed by atoms with E-state index in [1.165, 1.54) is 0 Å². The van der Waals surface area contributed by atoms with E-state index in [0.717, 1.165) is 17.5 Å². The normalized spacial score (nSPS) is 22.0. The van der Waals surface area contributed by atoms with Crippen LogP contribution in [0.15, 0.2) is 24.3 Å². The maximum atomic E-state index is 11.8. The molecule has 0 saturated heterocycles. The minimum Gasteiger partial charge on any atom is -0.481 e. The van der Waals surface area contributed by atoms with Crippen molar-refractivity contribution in [2.45, 2.75) is 30.8 Å². The maximum Gasteiger partial charge on any atom is 0.314 e. The van der Waals surface area contributed by atoms with Crippen molar-refractivity contribution < 1.29 is 24.5 Å². The third kappa shape index (κ3) is 3.43. The molecule has 0 aromatic heterocycles. The Bertz CT molecular complexity index is 487. The van der Waals surface area contributed by atoms with Gasteiger partial charge in [0, 0.05) is 7.11 Å². The van der Waals surface area contributed by atoms with Crippen molar-refractivity contribution >= 4 is 5.97 Å². The van der Waals surface area contributed by atoms with Gasteiger partial charge in [-0.25, -0.2) is 0 Å². The molecule has 0 radical (unpaired) electrons. The van der Waals surface area contributed by atoms with E-state index in [0.29, 0.717) is 19.6 Å². The largest absolute Gasteiger partial charge is 0.481 e. The number of aliphatic hydroxyl groups excluding tert-OH is 1. The second-order valence-corrected chi connectivity index (χ2v) is 5.47. The predicted octanol–water partition coefficient (Wildman–Crippen LogP) is 1.37. The molecule has 2 N–H and O–H groups in total. The smallest absolute Gasteiger partial charge is 0.314 e. The first-order chi connectivity index (χ1) is 10.1. The third-order valence-corrected chi connectivity index (χ3v) is 4.09. The summed E-state index contributed by atoms with van der Waals surface area (Å²) in [5.74, 6) is -0.872. The molecule has 2 rings (SSSR count). The number of ether oxygens (including phenoxy) is 2. The number of carboxylic acids is 1. The Morgan fingerprint density at radius 1 is 1.38 bits per heavy atom. The number of methoxy groups -OCH3 is 1. The zero-order valence-corrected chi connectivity index (χ0v) is 12.2. The fraction of sp³-hybridized carbons (Fsp3) is 0.562. The number of carboxylic acid groups (broad SMARTS) is 1. The molecule has 21 heavy (non-hydrogen) atoms. The van der Waals surface area contributed by atoms with Crippen molar-refractivity contribution in [1.29, 1.82) is 0 Å². The first kappa shape index (κ1) is 15.9. The number of fused-ring (bicyclic) bond motifs is 1. The first-order valence-corrected chi connectivity index (χ1v) is 7.16. The number of aryl methyl sites for hydroxylation is 1. The van der Waals surface area contributed by atoms with Crippen LogP contribution in [0.5, 0.6) is 0 Å². The van der Waals surface area contributed by atoms with Crippen LogP contribution < -0.4 is 0 Å². The van der Waals surface area contributed by atoms with E-state index in [9.17, 15) is 15.0 Å². The number of aliphatic hydroxyl groups is 1. The quantitative estimate of drug-likeness (QED) is 0.708. The van der Waals surface area contributed by atoms with Crippen molar-refractivity contribution in [2.24, 2.45) is 0 Å². The lowest BCUT2D eigenvalue weighted by atomic mass is 9.77. The molecule has 0 fully saturated rings. The molecular formula is C16H22O5. The van der Waals surface area contributed by atoms with Gasteiger partial charge in [0.1, 0.15) is 0 Å². The molecule has 0 spiro atoms. The van der Waals surface area contributed by atoms with E-state index in [1.54, 1.807) is 7.11 Å². The van der Waals surface area contributed by atoms with E-state index < -0.39 is 17.5 Å². The third-order valence-electron chi connectivity index (χ3n) is 4.09. The molecule has 1 aliphatic carbocycles. The molecule has 1 aromatic rings. The van der Waals surface area contributed by atoms with Gasteiger partial charge < -0.3 is 19.7 Å². The fourth-order valence-corrected chi connectivity index (χ4v) is 3.03. The van der Waals surface area contributed by atoms with Gasteiger partial charge in [0.25, 0.3) is 0 Å². The molecule has 0 saturated carbocycles. The summed E-state index contributed by atoms with van der Waals surface area (Å²) < 4.78 is 10.2. The van der Waals surface area contributed by atoms with Crippen molar-refractivity contribution in [3.8, 4) is 0 Å². The first-order valence-electron chi connectivity index (χ1n) is 7.16. The topological polar surface area (TPSA) is 76.0 Å². The van der Waals surface area contributed by atoms with Gasteiger partial charge in [0.05, 0.1) is 31.3 Å². The van der Waals surface area contributed by atoms with Gasteiger partial charge in [-0.05, 0) is 30.4 Å². The zero-order chi connectivity index (χ0) is 15.3. The summed E-state index contributed by atoms with van der Waals surface area (Å²) in [6.07, 6.45) is 0.632. The number of benzene rings is 1. The van der Waals surface area contributed by atoms with Gasteiger partial charge in [-0.15, -0.1) is 0 Å². The van der Waals surface area contributed by atoms with E-state index in [-0.39, 0.29) is 13.0 Å². The van der Waals surface area contributed by atoms with Crippen molar-refractivity contribution in [1.82, 2.24) is 0 Å². The molecule has 0 bridgehead atoms. The molecule has 0 amide bonds. The van der Waals surface area contributed by atoms with E-state index >= 15 is 0 Å². The van der Waals surface area contributed by atoms with Crippen LogP contribution in [0.4, 0.5) is 0 Å². The Labute approximate surface area is 124 Å². The highest BCUT2D eigenvalue weighted by Crippen LogP contribution is 2.42. The van der Waals surface area contributed by atoms with E-state index in [2.05, 4.69) is 0 Å². The monoisotopic (exact) mass is 294 g/mol. The Morgan fingerprint density at radius 3 is 2.86 bits per heavy atom. The average Bonchev–Trinajstić information content (AvgIpc) is 2.84. The highest BCUT2D eigenvalue weighted by Gasteiger charge is 2.46. The molecule has 116 valence electrons. The summed E-state index contributed by atoms with van der Waals surface area (Å²) in [5, 5.41) is 19.8. The summed E-state index contributed by atoms with van der Waals surface area (Å²) in [5.41, 5.74) is 0.890. The number of hydrogen-bond acceptors (Lipinski definition) is 4. The van der Waals surface area contributed by atoms with E-state index in [4.69, 9.17) is 9.47 Å². The summed E-state index contributed by atoms with van der Waals surface area (Å²) >= 11 is 0. The van der Waals surface area contributed by atoms with Crippen LogP contribution in [-0.2, 0) is 26.1 Å². The van der Waals surface area contributed by atoms with Crippen LogP contribution in [-0.4, -0.2) is 49.2 Å². The number of aliphatic carboxylic acids is 1. The molecule has 0 aliphatic heterocycles. The van der Waals surface area contributed by atoms with E-state index in [1.807, 2.05) is 24.3 Å². The van der Waals surface area contributed by atoms with Gasteiger partial charge in [0.2, 0.25) is 0 Å². The van der Waals surface area contributed by atoms with Gasteiger partial charge >= 0.3 is 5.97 Å². The molecule has 5 heteroatoms. The average molecular weight is 294 g/mol. The predicted molar refractivity (Wildman–Crippen MR) is 77.4 cm³/mol. The Kier molecular flexibility index (Phi) is 5.33. The van der Waals surface area contributed by atoms with Gasteiger partial charge in [0.15, 0.2) is 0 Å². The molecule has 1 aromatic carbocycles. The summed E-state index contributed by atoms with van der Waals surface area (Å²) in [4.78, 5) is 11.8. The Morgan fingerprint density at radius 2 is 2.14 bits per heavy atom. The van der Waals surface area contributed by atoms with Gasteiger partial charge in [-0.3, -0.25) is 4.79 Å². The maximum absolute atomic E-state index is 11.8. The van der Waals surface area contributed by atoms with Crippen LogP contribution in [0.1, 0.15) is 24.0 Å². The molecule has 0 heterocycles. The molecule has 1 aliphatic rings. The molecule has 2 unspecified atom stereocenters. The SMILES string of the molecule is COCCOCC(O)CC1(C(=O)O)CCc2ccccc21. The number of rotatable bonds is 8. The van der Waals surface area contributed by atoms with Crippen LogP contribution in [0.2, 0.25) is 0 Å². The lowest BCUT2D eigenvalue weighted by molar-refractivity contribution is -0.145.